The number of nitrogens with one attached hydrogen (secondary N) is 1. The van der Waals surface area contributed by atoms with Gasteiger partial charge in [-0.1, -0.05) is 34.1 Å². The molecule has 1 amide bonds. The number of hydrogen-bond acceptors (Lipinski definition) is 3. The van der Waals surface area contributed by atoms with Gasteiger partial charge in [-0.2, -0.15) is 0 Å². The van der Waals surface area contributed by atoms with Gasteiger partial charge < -0.3 is 15.8 Å². The molecular weight excluding hydrogens is 320 g/mol. The molecule has 0 saturated heterocycles. The normalized spacial score (nSPS) is 10.1. The van der Waals surface area contributed by atoms with Gasteiger partial charge in [-0.3, -0.25) is 4.79 Å². The molecule has 3 N–H and O–H groups in total. The van der Waals surface area contributed by atoms with Crippen molar-refractivity contribution in [3.63, 3.8) is 0 Å². The van der Waals surface area contributed by atoms with Crippen molar-refractivity contribution in [1.29, 1.82) is 0 Å². The van der Waals surface area contributed by atoms with Crippen LogP contribution in [0.3, 0.4) is 0 Å². The number of amides is 1. The Balaban J connectivity index is 1.81. The number of carbonyl (C=O) groups excluding carboxylic acids is 1. The van der Waals surface area contributed by atoms with E-state index in [1.165, 1.54) is 0 Å². The average Bonchev–Trinajstić information content (AvgIpc) is 2.43. The van der Waals surface area contributed by atoms with E-state index in [1.54, 1.807) is 12.1 Å². The standard InChI is InChI=1S/C15H15BrN2O2/c16-11-6-7-14(13(17)10-11)18-15(19)8-9-20-12-4-2-1-3-5-12/h1-7,10H,8-9,17H2,(H,18,19). The zero-order valence-corrected chi connectivity index (χ0v) is 12.4. The maximum atomic E-state index is 11.8. The van der Waals surface area contributed by atoms with Crippen molar-refractivity contribution in [2.45, 2.75) is 6.42 Å². The fourth-order valence-electron chi connectivity index (χ4n) is 1.64. The average molecular weight is 335 g/mol. The third-order valence-corrected chi connectivity index (χ3v) is 3.12. The number of nitrogen functional groups attached to an aromatic ring is 1. The second kappa shape index (κ2) is 6.96. The summed E-state index contributed by atoms with van der Waals surface area (Å²) in [5.74, 6) is 0.624. The summed E-state index contributed by atoms with van der Waals surface area (Å²) in [7, 11) is 0. The second-order valence-electron chi connectivity index (χ2n) is 4.19. The number of ether oxygens (including phenoxy) is 1. The van der Waals surface area contributed by atoms with E-state index >= 15 is 0 Å². The van der Waals surface area contributed by atoms with Crippen LogP contribution in [0.2, 0.25) is 0 Å². The van der Waals surface area contributed by atoms with Crippen LogP contribution in [0.1, 0.15) is 6.42 Å². The molecule has 2 aromatic rings. The predicted molar refractivity (Wildman–Crippen MR) is 83.7 cm³/mol. The summed E-state index contributed by atoms with van der Waals surface area (Å²) in [6, 6.07) is 14.7. The first-order chi connectivity index (χ1) is 9.65. The van der Waals surface area contributed by atoms with Crippen LogP contribution in [-0.4, -0.2) is 12.5 Å². The van der Waals surface area contributed by atoms with Crippen molar-refractivity contribution in [2.75, 3.05) is 17.7 Å². The number of rotatable bonds is 5. The minimum atomic E-state index is -0.130. The van der Waals surface area contributed by atoms with Crippen LogP contribution in [0, 0.1) is 0 Å². The highest BCUT2D eigenvalue weighted by molar-refractivity contribution is 9.10. The summed E-state index contributed by atoms with van der Waals surface area (Å²) in [6.07, 6.45) is 0.268. The molecule has 0 aliphatic heterocycles. The summed E-state index contributed by atoms with van der Waals surface area (Å²) < 4.78 is 6.34. The molecule has 0 spiro atoms. The van der Waals surface area contributed by atoms with Crippen molar-refractivity contribution in [2.24, 2.45) is 0 Å². The summed E-state index contributed by atoms with van der Waals surface area (Å²) in [6.45, 7) is 0.326. The molecule has 0 fully saturated rings. The first-order valence-corrected chi connectivity index (χ1v) is 6.97. The summed E-state index contributed by atoms with van der Waals surface area (Å²) in [4.78, 5) is 11.8. The Bertz CT molecular complexity index is 588. The van der Waals surface area contributed by atoms with E-state index in [0.717, 1.165) is 10.2 Å². The first kappa shape index (κ1) is 14.4. The molecule has 104 valence electrons. The Hall–Kier alpha value is -2.01. The SMILES string of the molecule is Nc1cc(Br)ccc1NC(=O)CCOc1ccccc1. The number of anilines is 2. The number of carbonyl (C=O) groups is 1. The molecule has 5 heteroatoms. The molecule has 0 heterocycles. The van der Waals surface area contributed by atoms with Gasteiger partial charge >= 0.3 is 0 Å². The summed E-state index contributed by atoms with van der Waals surface area (Å²) in [5.41, 5.74) is 6.95. The van der Waals surface area contributed by atoms with Gasteiger partial charge in [0, 0.05) is 4.47 Å². The highest BCUT2D eigenvalue weighted by Crippen LogP contribution is 2.23. The molecule has 4 nitrogen and oxygen atoms in total. The molecule has 0 atom stereocenters. The van der Waals surface area contributed by atoms with Crippen LogP contribution in [-0.2, 0) is 4.79 Å². The van der Waals surface area contributed by atoms with Gasteiger partial charge in [-0.05, 0) is 30.3 Å². The van der Waals surface area contributed by atoms with Gasteiger partial charge in [0.15, 0.2) is 0 Å². The van der Waals surface area contributed by atoms with Crippen LogP contribution >= 0.6 is 15.9 Å². The van der Waals surface area contributed by atoms with Crippen LogP contribution < -0.4 is 15.8 Å². The number of para-hydroxylation sites is 1. The van der Waals surface area contributed by atoms with Crippen LogP contribution in [0.5, 0.6) is 5.75 Å². The fraction of sp³-hybridized carbons (Fsp3) is 0.133. The number of benzene rings is 2. The van der Waals surface area contributed by atoms with Crippen LogP contribution in [0.25, 0.3) is 0 Å². The molecule has 2 rings (SSSR count). The highest BCUT2D eigenvalue weighted by atomic mass is 79.9. The smallest absolute Gasteiger partial charge is 0.227 e. The lowest BCUT2D eigenvalue weighted by Gasteiger charge is -2.09. The maximum Gasteiger partial charge on any atom is 0.227 e. The Labute approximate surface area is 126 Å². The van der Waals surface area contributed by atoms with E-state index in [4.69, 9.17) is 10.5 Å². The van der Waals surface area contributed by atoms with Crippen molar-refractivity contribution in [3.05, 3.63) is 53.0 Å². The lowest BCUT2D eigenvalue weighted by atomic mass is 10.2. The lowest BCUT2D eigenvalue weighted by Crippen LogP contribution is -2.16. The Kier molecular flexibility index (Phi) is 5.01. The van der Waals surface area contributed by atoms with Crippen molar-refractivity contribution in [1.82, 2.24) is 0 Å². The zero-order valence-electron chi connectivity index (χ0n) is 10.8. The van der Waals surface area contributed by atoms with Crippen LogP contribution in [0.4, 0.5) is 11.4 Å². The van der Waals surface area contributed by atoms with Gasteiger partial charge in [0.25, 0.3) is 0 Å². The van der Waals surface area contributed by atoms with Gasteiger partial charge in [0.05, 0.1) is 24.4 Å². The van der Waals surface area contributed by atoms with Gasteiger partial charge in [0.1, 0.15) is 5.75 Å². The maximum absolute atomic E-state index is 11.8. The number of hydrogen-bond donors (Lipinski definition) is 2. The minimum Gasteiger partial charge on any atom is -0.493 e. The van der Waals surface area contributed by atoms with E-state index in [-0.39, 0.29) is 12.3 Å². The predicted octanol–water partition coefficient (Wildman–Crippen LogP) is 3.44. The van der Waals surface area contributed by atoms with E-state index in [1.807, 2.05) is 36.4 Å². The van der Waals surface area contributed by atoms with Crippen molar-refractivity contribution >= 4 is 33.2 Å². The fourth-order valence-corrected chi connectivity index (χ4v) is 2.02. The Morgan fingerprint density at radius 1 is 1.20 bits per heavy atom. The number of nitrogens with two attached hydrogens (primary N) is 1. The molecule has 0 radical (unpaired) electrons. The molecule has 2 aromatic carbocycles. The van der Waals surface area contributed by atoms with Crippen molar-refractivity contribution in [3.8, 4) is 5.75 Å². The molecular formula is C15H15BrN2O2. The molecule has 0 aliphatic carbocycles. The minimum absolute atomic E-state index is 0.130. The molecule has 0 aliphatic rings. The molecule has 20 heavy (non-hydrogen) atoms. The van der Waals surface area contributed by atoms with E-state index < -0.39 is 0 Å². The summed E-state index contributed by atoms with van der Waals surface area (Å²) in [5, 5.41) is 2.76. The van der Waals surface area contributed by atoms with Gasteiger partial charge in [0.2, 0.25) is 5.91 Å². The third kappa shape index (κ3) is 4.28. The van der Waals surface area contributed by atoms with E-state index in [0.29, 0.717) is 18.0 Å². The van der Waals surface area contributed by atoms with E-state index in [9.17, 15) is 4.79 Å². The summed E-state index contributed by atoms with van der Waals surface area (Å²) >= 11 is 3.32. The zero-order chi connectivity index (χ0) is 14.4. The molecule has 0 saturated carbocycles. The highest BCUT2D eigenvalue weighted by Gasteiger charge is 2.06. The van der Waals surface area contributed by atoms with E-state index in [2.05, 4.69) is 21.2 Å². The third-order valence-electron chi connectivity index (χ3n) is 2.63. The molecule has 0 bridgehead atoms. The second-order valence-corrected chi connectivity index (χ2v) is 5.11. The topological polar surface area (TPSA) is 64.3 Å². The van der Waals surface area contributed by atoms with Crippen LogP contribution in [0.15, 0.2) is 53.0 Å². The monoisotopic (exact) mass is 334 g/mol. The Morgan fingerprint density at radius 3 is 2.65 bits per heavy atom. The first-order valence-electron chi connectivity index (χ1n) is 6.18. The molecule has 0 unspecified atom stereocenters. The van der Waals surface area contributed by atoms with Gasteiger partial charge in [-0.15, -0.1) is 0 Å². The quantitative estimate of drug-likeness (QED) is 0.823. The largest absolute Gasteiger partial charge is 0.493 e. The van der Waals surface area contributed by atoms with Crippen molar-refractivity contribution < 1.29 is 9.53 Å². The lowest BCUT2D eigenvalue weighted by molar-refractivity contribution is -0.116. The number of halogens is 1. The van der Waals surface area contributed by atoms with Gasteiger partial charge in [-0.25, -0.2) is 0 Å². The molecule has 0 aromatic heterocycles. The Morgan fingerprint density at radius 2 is 1.95 bits per heavy atom.